The Kier molecular flexibility index (Phi) is 2.59. The zero-order valence-electron chi connectivity index (χ0n) is 10.3. The lowest BCUT2D eigenvalue weighted by molar-refractivity contribution is -0.115. The number of nitrogens with one attached hydrogen (secondary N) is 1. The van der Waals surface area contributed by atoms with Crippen LogP contribution in [-0.4, -0.2) is 18.4 Å². The summed E-state index contributed by atoms with van der Waals surface area (Å²) in [6.45, 7) is 1.79. The number of anilines is 2. The van der Waals surface area contributed by atoms with Gasteiger partial charge in [0, 0.05) is 5.56 Å². The van der Waals surface area contributed by atoms with Gasteiger partial charge in [-0.15, -0.1) is 0 Å². The Labute approximate surface area is 109 Å². The molecule has 3 rings (SSSR count). The van der Waals surface area contributed by atoms with Crippen molar-refractivity contribution < 1.29 is 14.0 Å². The summed E-state index contributed by atoms with van der Waals surface area (Å²) in [4.78, 5) is 25.5. The third kappa shape index (κ3) is 1.89. The fourth-order valence-corrected chi connectivity index (χ4v) is 2.13. The van der Waals surface area contributed by atoms with E-state index >= 15 is 0 Å². The lowest BCUT2D eigenvalue weighted by atomic mass is 10.1. The van der Waals surface area contributed by atoms with E-state index in [4.69, 9.17) is 4.42 Å². The average molecular weight is 256 g/mol. The second-order valence-electron chi connectivity index (χ2n) is 4.39. The molecule has 1 aliphatic heterocycles. The van der Waals surface area contributed by atoms with Crippen LogP contribution in [0.2, 0.25) is 0 Å². The van der Waals surface area contributed by atoms with Gasteiger partial charge in [-0.1, -0.05) is 12.1 Å². The summed E-state index contributed by atoms with van der Waals surface area (Å²) < 4.78 is 5.21. The van der Waals surface area contributed by atoms with Crippen LogP contribution < -0.4 is 10.2 Å². The molecule has 96 valence electrons. The average Bonchev–Trinajstić information content (AvgIpc) is 2.83. The van der Waals surface area contributed by atoms with Crippen LogP contribution in [0, 0.1) is 6.92 Å². The van der Waals surface area contributed by atoms with Crippen LogP contribution in [-0.2, 0) is 4.79 Å². The quantitative estimate of drug-likeness (QED) is 0.850. The topological polar surface area (TPSA) is 62.6 Å². The van der Waals surface area contributed by atoms with Crippen molar-refractivity contribution in [3.63, 3.8) is 0 Å². The van der Waals surface area contributed by atoms with Crippen molar-refractivity contribution in [2.75, 3.05) is 16.8 Å². The van der Waals surface area contributed by atoms with Crippen molar-refractivity contribution in [1.82, 2.24) is 0 Å². The van der Waals surface area contributed by atoms with Crippen LogP contribution in [0.1, 0.15) is 16.1 Å². The van der Waals surface area contributed by atoms with Crippen molar-refractivity contribution in [3.8, 4) is 0 Å². The van der Waals surface area contributed by atoms with Crippen molar-refractivity contribution in [2.45, 2.75) is 6.92 Å². The molecule has 1 aliphatic rings. The summed E-state index contributed by atoms with van der Waals surface area (Å²) in [7, 11) is 0. The number of carbonyl (C=O) groups is 2. The first kappa shape index (κ1) is 11.5. The van der Waals surface area contributed by atoms with Gasteiger partial charge in [-0.05, 0) is 25.1 Å². The molecule has 0 fully saturated rings. The lowest BCUT2D eigenvalue weighted by Gasteiger charge is -2.28. The van der Waals surface area contributed by atoms with Crippen molar-refractivity contribution >= 4 is 23.2 Å². The molecule has 1 N–H and O–H groups in total. The number of amides is 2. The van der Waals surface area contributed by atoms with Crippen LogP contribution in [0.3, 0.4) is 0 Å². The highest BCUT2D eigenvalue weighted by atomic mass is 16.3. The molecule has 5 nitrogen and oxygen atoms in total. The summed E-state index contributed by atoms with van der Waals surface area (Å²) in [5.41, 5.74) is 2.08. The van der Waals surface area contributed by atoms with E-state index in [1.54, 1.807) is 25.1 Å². The molecule has 0 atom stereocenters. The molecule has 1 aromatic carbocycles. The van der Waals surface area contributed by atoms with E-state index in [0.717, 1.165) is 5.56 Å². The Bertz CT molecular complexity index is 660. The predicted octanol–water partition coefficient (Wildman–Crippen LogP) is 2.19. The summed E-state index contributed by atoms with van der Waals surface area (Å²) in [6, 6.07) is 8.92. The summed E-state index contributed by atoms with van der Waals surface area (Å²) >= 11 is 0. The Hall–Kier alpha value is -2.56. The molecular weight excluding hydrogens is 244 g/mol. The number of fused-ring (bicyclic) bond motifs is 1. The number of carbonyl (C=O) groups excluding carboxylic acids is 2. The van der Waals surface area contributed by atoms with Crippen LogP contribution in [0.5, 0.6) is 0 Å². The Morgan fingerprint density at radius 2 is 2.11 bits per heavy atom. The minimum Gasteiger partial charge on any atom is -0.459 e. The van der Waals surface area contributed by atoms with Crippen molar-refractivity contribution in [1.29, 1.82) is 0 Å². The number of para-hydroxylation sites is 2. The molecule has 0 spiro atoms. The first-order chi connectivity index (χ1) is 9.16. The van der Waals surface area contributed by atoms with E-state index in [1.165, 1.54) is 11.2 Å². The summed E-state index contributed by atoms with van der Waals surface area (Å²) in [5, 5.41) is 2.74. The molecule has 2 amide bonds. The highest BCUT2D eigenvalue weighted by Crippen LogP contribution is 2.30. The van der Waals surface area contributed by atoms with Gasteiger partial charge in [0.1, 0.15) is 6.54 Å². The smallest absolute Gasteiger partial charge is 0.294 e. The van der Waals surface area contributed by atoms with Gasteiger partial charge < -0.3 is 9.73 Å². The minimum absolute atomic E-state index is 0.00398. The van der Waals surface area contributed by atoms with Crippen LogP contribution in [0.25, 0.3) is 0 Å². The zero-order valence-corrected chi connectivity index (χ0v) is 10.3. The third-order valence-electron chi connectivity index (χ3n) is 3.07. The monoisotopic (exact) mass is 256 g/mol. The Morgan fingerprint density at radius 1 is 1.32 bits per heavy atom. The van der Waals surface area contributed by atoms with E-state index < -0.39 is 0 Å². The van der Waals surface area contributed by atoms with Gasteiger partial charge in [-0.2, -0.15) is 0 Å². The first-order valence-electron chi connectivity index (χ1n) is 5.91. The maximum absolute atomic E-state index is 12.4. The van der Waals surface area contributed by atoms with Crippen LogP contribution in [0.15, 0.2) is 41.0 Å². The molecule has 19 heavy (non-hydrogen) atoms. The SMILES string of the molecule is Cc1ccoc1C(=O)N1CC(=O)Nc2ccccc21. The Balaban J connectivity index is 2.04. The van der Waals surface area contributed by atoms with Gasteiger partial charge in [0.05, 0.1) is 17.6 Å². The van der Waals surface area contributed by atoms with E-state index in [-0.39, 0.29) is 24.1 Å². The van der Waals surface area contributed by atoms with E-state index in [0.29, 0.717) is 11.4 Å². The number of hydrogen-bond acceptors (Lipinski definition) is 3. The molecule has 2 aromatic rings. The number of furan rings is 1. The van der Waals surface area contributed by atoms with Crippen molar-refractivity contribution in [3.05, 3.63) is 47.9 Å². The summed E-state index contributed by atoms with van der Waals surface area (Å²) in [5.74, 6) is -0.245. The molecule has 0 unspecified atom stereocenters. The van der Waals surface area contributed by atoms with E-state index in [2.05, 4.69) is 5.32 Å². The largest absolute Gasteiger partial charge is 0.459 e. The molecule has 0 bridgehead atoms. The highest BCUT2D eigenvalue weighted by Gasteiger charge is 2.29. The van der Waals surface area contributed by atoms with Gasteiger partial charge in [0.25, 0.3) is 5.91 Å². The summed E-state index contributed by atoms with van der Waals surface area (Å²) in [6.07, 6.45) is 1.47. The fourth-order valence-electron chi connectivity index (χ4n) is 2.13. The van der Waals surface area contributed by atoms with Gasteiger partial charge in [0.15, 0.2) is 5.76 Å². The van der Waals surface area contributed by atoms with Crippen molar-refractivity contribution in [2.24, 2.45) is 0 Å². The number of hydrogen-bond donors (Lipinski definition) is 1. The second-order valence-corrected chi connectivity index (χ2v) is 4.39. The van der Waals surface area contributed by atoms with Crippen LogP contribution in [0.4, 0.5) is 11.4 Å². The Morgan fingerprint density at radius 3 is 2.84 bits per heavy atom. The standard InChI is InChI=1S/C14H12N2O3/c1-9-6-7-19-13(9)14(18)16-8-12(17)15-10-4-2-3-5-11(10)16/h2-7H,8H2,1H3,(H,15,17). The number of nitrogens with zero attached hydrogens (tertiary/aromatic N) is 1. The normalized spacial score (nSPS) is 13.9. The highest BCUT2D eigenvalue weighted by molar-refractivity contribution is 6.14. The fraction of sp³-hybridized carbons (Fsp3) is 0.143. The predicted molar refractivity (Wildman–Crippen MR) is 70.2 cm³/mol. The first-order valence-corrected chi connectivity index (χ1v) is 5.91. The zero-order chi connectivity index (χ0) is 13.4. The number of benzene rings is 1. The van der Waals surface area contributed by atoms with Gasteiger partial charge in [-0.3, -0.25) is 14.5 Å². The molecule has 0 saturated carbocycles. The molecule has 0 radical (unpaired) electrons. The molecule has 1 aromatic heterocycles. The lowest BCUT2D eigenvalue weighted by Crippen LogP contribution is -2.42. The van der Waals surface area contributed by atoms with Crippen LogP contribution >= 0.6 is 0 Å². The van der Waals surface area contributed by atoms with E-state index in [9.17, 15) is 9.59 Å². The minimum atomic E-state index is -0.301. The maximum Gasteiger partial charge on any atom is 0.294 e. The maximum atomic E-state index is 12.4. The molecule has 2 heterocycles. The van der Waals surface area contributed by atoms with Gasteiger partial charge in [-0.25, -0.2) is 0 Å². The van der Waals surface area contributed by atoms with Gasteiger partial charge >= 0.3 is 0 Å². The van der Waals surface area contributed by atoms with Gasteiger partial charge in [0.2, 0.25) is 5.91 Å². The molecule has 0 aliphatic carbocycles. The second kappa shape index (κ2) is 4.28. The molecule has 5 heteroatoms. The third-order valence-corrected chi connectivity index (χ3v) is 3.07. The molecular formula is C14H12N2O3. The van der Waals surface area contributed by atoms with E-state index in [1.807, 2.05) is 12.1 Å². The number of aryl methyl sites for hydroxylation is 1. The number of rotatable bonds is 1. The molecule has 0 saturated heterocycles.